The summed E-state index contributed by atoms with van der Waals surface area (Å²) in [6.07, 6.45) is 2.29. The molecule has 3 rings (SSSR count). The highest BCUT2D eigenvalue weighted by molar-refractivity contribution is 6.07. The summed E-state index contributed by atoms with van der Waals surface area (Å²) in [5.74, 6) is -0.329. The molecule has 7 heteroatoms. The lowest BCUT2D eigenvalue weighted by Crippen LogP contribution is -2.26. The third-order valence-electron chi connectivity index (χ3n) is 5.39. The molecular formula is C25H30N4O3. The SMILES string of the molecule is CCN(CC)Cc1cc(NC(=O)c2c(NCCc3ccccc3)cc[nH]c2=O)ccc1O. The topological polar surface area (TPSA) is 97.5 Å². The molecule has 0 aliphatic rings. The van der Waals surface area contributed by atoms with E-state index in [0.717, 1.165) is 25.1 Å². The molecule has 32 heavy (non-hydrogen) atoms. The van der Waals surface area contributed by atoms with Crippen molar-refractivity contribution in [3.63, 3.8) is 0 Å². The molecule has 0 saturated carbocycles. The Balaban J connectivity index is 1.74. The first-order valence-corrected chi connectivity index (χ1v) is 10.9. The van der Waals surface area contributed by atoms with Crippen LogP contribution >= 0.6 is 0 Å². The molecule has 0 bridgehead atoms. The van der Waals surface area contributed by atoms with E-state index in [9.17, 15) is 14.7 Å². The Kier molecular flexibility index (Phi) is 8.05. The van der Waals surface area contributed by atoms with E-state index in [1.54, 1.807) is 24.3 Å². The number of carbonyl (C=O) groups is 1. The van der Waals surface area contributed by atoms with Crippen LogP contribution in [-0.2, 0) is 13.0 Å². The number of nitrogens with one attached hydrogen (secondary N) is 3. The number of carbonyl (C=O) groups excluding carboxylic acids is 1. The number of anilines is 2. The van der Waals surface area contributed by atoms with Gasteiger partial charge in [-0.05, 0) is 49.3 Å². The first kappa shape index (κ1) is 23.1. The molecule has 1 amide bonds. The lowest BCUT2D eigenvalue weighted by atomic mass is 10.1. The van der Waals surface area contributed by atoms with Crippen molar-refractivity contribution in [2.75, 3.05) is 30.3 Å². The van der Waals surface area contributed by atoms with Gasteiger partial charge in [-0.3, -0.25) is 14.5 Å². The monoisotopic (exact) mass is 434 g/mol. The molecule has 0 aliphatic heterocycles. The van der Waals surface area contributed by atoms with Crippen LogP contribution in [0.5, 0.6) is 5.75 Å². The van der Waals surface area contributed by atoms with Gasteiger partial charge in [0, 0.05) is 30.5 Å². The number of aromatic hydroxyl groups is 1. The Bertz CT molecular complexity index is 1090. The minimum atomic E-state index is -0.506. The summed E-state index contributed by atoms with van der Waals surface area (Å²) in [6.45, 7) is 6.97. The number of hydrogen-bond donors (Lipinski definition) is 4. The van der Waals surface area contributed by atoms with Crippen LogP contribution in [0, 0.1) is 0 Å². The van der Waals surface area contributed by atoms with Crippen molar-refractivity contribution in [2.45, 2.75) is 26.8 Å². The Morgan fingerprint density at radius 2 is 1.81 bits per heavy atom. The van der Waals surface area contributed by atoms with Crippen LogP contribution in [0.3, 0.4) is 0 Å². The van der Waals surface area contributed by atoms with E-state index in [1.165, 1.54) is 11.8 Å². The maximum Gasteiger partial charge on any atom is 0.263 e. The Morgan fingerprint density at radius 3 is 2.53 bits per heavy atom. The van der Waals surface area contributed by atoms with Gasteiger partial charge in [0.2, 0.25) is 0 Å². The van der Waals surface area contributed by atoms with E-state index >= 15 is 0 Å². The molecular weight excluding hydrogens is 404 g/mol. The number of aromatic amines is 1. The molecule has 2 aromatic carbocycles. The van der Waals surface area contributed by atoms with E-state index in [2.05, 4.69) is 34.4 Å². The molecule has 1 aromatic heterocycles. The fraction of sp³-hybridized carbons (Fsp3) is 0.280. The fourth-order valence-electron chi connectivity index (χ4n) is 3.51. The lowest BCUT2D eigenvalue weighted by Gasteiger charge is -2.19. The predicted molar refractivity (Wildman–Crippen MR) is 128 cm³/mol. The minimum Gasteiger partial charge on any atom is -0.508 e. The summed E-state index contributed by atoms with van der Waals surface area (Å²) < 4.78 is 0. The summed E-state index contributed by atoms with van der Waals surface area (Å²) in [5, 5.41) is 16.2. The van der Waals surface area contributed by atoms with Gasteiger partial charge < -0.3 is 20.7 Å². The van der Waals surface area contributed by atoms with Gasteiger partial charge in [0.25, 0.3) is 11.5 Å². The van der Waals surface area contributed by atoms with Crippen molar-refractivity contribution in [1.29, 1.82) is 0 Å². The van der Waals surface area contributed by atoms with Gasteiger partial charge in [0.1, 0.15) is 11.3 Å². The number of phenols is 1. The third kappa shape index (κ3) is 5.98. The summed E-state index contributed by atoms with van der Waals surface area (Å²) in [7, 11) is 0. The van der Waals surface area contributed by atoms with Gasteiger partial charge in [0.05, 0.1) is 5.69 Å². The molecule has 0 radical (unpaired) electrons. The number of rotatable bonds is 10. The maximum atomic E-state index is 13.0. The molecule has 0 atom stereocenters. The van der Waals surface area contributed by atoms with Crippen LogP contribution in [0.1, 0.15) is 35.3 Å². The highest BCUT2D eigenvalue weighted by atomic mass is 16.3. The normalized spacial score (nSPS) is 10.8. The second kappa shape index (κ2) is 11.2. The van der Waals surface area contributed by atoms with Crippen molar-refractivity contribution >= 4 is 17.3 Å². The molecule has 1 heterocycles. The minimum absolute atomic E-state index is 0.0268. The summed E-state index contributed by atoms with van der Waals surface area (Å²) in [6, 6.07) is 16.6. The van der Waals surface area contributed by atoms with Crippen LogP contribution in [0.15, 0.2) is 65.6 Å². The Morgan fingerprint density at radius 1 is 1.06 bits per heavy atom. The zero-order valence-corrected chi connectivity index (χ0v) is 18.5. The molecule has 0 aliphatic carbocycles. The first-order valence-electron chi connectivity index (χ1n) is 10.9. The summed E-state index contributed by atoms with van der Waals surface area (Å²) in [4.78, 5) is 30.2. The van der Waals surface area contributed by atoms with E-state index in [1.807, 2.05) is 30.3 Å². The standard InChI is InChI=1S/C25H30N4O3/c1-3-29(4-2)17-19-16-20(10-11-22(19)30)28-25(32)23-21(13-15-27-24(23)31)26-14-12-18-8-6-5-7-9-18/h5-11,13,15-16,30H,3-4,12,14,17H2,1-2H3,(H,28,32)(H2,26,27,31). The second-order valence-corrected chi connectivity index (χ2v) is 7.52. The first-order chi connectivity index (χ1) is 15.5. The van der Waals surface area contributed by atoms with Crippen LogP contribution in [0.2, 0.25) is 0 Å². The second-order valence-electron chi connectivity index (χ2n) is 7.52. The highest BCUT2D eigenvalue weighted by Gasteiger charge is 2.17. The van der Waals surface area contributed by atoms with Crippen LogP contribution in [0.4, 0.5) is 11.4 Å². The average molecular weight is 435 g/mol. The molecule has 0 fully saturated rings. The number of aromatic nitrogens is 1. The summed E-state index contributed by atoms with van der Waals surface area (Å²) in [5.41, 5.74) is 2.45. The molecule has 168 valence electrons. The molecule has 3 aromatic rings. The van der Waals surface area contributed by atoms with Crippen LogP contribution in [0.25, 0.3) is 0 Å². The number of phenolic OH excluding ortho intramolecular Hbond substituents is 1. The van der Waals surface area contributed by atoms with Gasteiger partial charge in [0.15, 0.2) is 0 Å². The number of amides is 1. The molecule has 4 N–H and O–H groups in total. The highest BCUT2D eigenvalue weighted by Crippen LogP contribution is 2.24. The zero-order valence-electron chi connectivity index (χ0n) is 18.5. The number of pyridine rings is 1. The van der Waals surface area contributed by atoms with Gasteiger partial charge in [-0.25, -0.2) is 0 Å². The molecule has 0 spiro atoms. The Hall–Kier alpha value is -3.58. The predicted octanol–water partition coefficient (Wildman–Crippen LogP) is 3.83. The average Bonchev–Trinajstić information content (AvgIpc) is 2.80. The van der Waals surface area contributed by atoms with Crippen molar-refractivity contribution in [1.82, 2.24) is 9.88 Å². The molecule has 0 saturated heterocycles. The molecule has 0 unspecified atom stereocenters. The van der Waals surface area contributed by atoms with Gasteiger partial charge >= 0.3 is 0 Å². The van der Waals surface area contributed by atoms with Crippen molar-refractivity contribution in [3.8, 4) is 5.75 Å². The van der Waals surface area contributed by atoms with Gasteiger partial charge in [-0.15, -0.1) is 0 Å². The molecule has 7 nitrogen and oxygen atoms in total. The van der Waals surface area contributed by atoms with Crippen molar-refractivity contribution in [3.05, 3.63) is 87.8 Å². The largest absolute Gasteiger partial charge is 0.508 e. The maximum absolute atomic E-state index is 13.0. The quantitative estimate of drug-likeness (QED) is 0.364. The smallest absolute Gasteiger partial charge is 0.263 e. The van der Waals surface area contributed by atoms with E-state index in [0.29, 0.717) is 24.5 Å². The summed E-state index contributed by atoms with van der Waals surface area (Å²) >= 11 is 0. The van der Waals surface area contributed by atoms with Gasteiger partial charge in [-0.1, -0.05) is 44.2 Å². The zero-order chi connectivity index (χ0) is 22.9. The number of H-pyrrole nitrogens is 1. The van der Waals surface area contributed by atoms with Gasteiger partial charge in [-0.2, -0.15) is 0 Å². The van der Waals surface area contributed by atoms with E-state index in [-0.39, 0.29) is 11.3 Å². The lowest BCUT2D eigenvalue weighted by molar-refractivity contribution is 0.102. The van der Waals surface area contributed by atoms with Crippen LogP contribution in [-0.4, -0.2) is 40.5 Å². The third-order valence-corrected chi connectivity index (χ3v) is 5.39. The number of hydrogen-bond acceptors (Lipinski definition) is 5. The van der Waals surface area contributed by atoms with Crippen molar-refractivity contribution in [2.24, 2.45) is 0 Å². The van der Waals surface area contributed by atoms with Crippen molar-refractivity contribution < 1.29 is 9.90 Å². The number of benzene rings is 2. The van der Waals surface area contributed by atoms with E-state index in [4.69, 9.17) is 0 Å². The Labute approximate surface area is 188 Å². The fourth-order valence-corrected chi connectivity index (χ4v) is 3.51. The van der Waals surface area contributed by atoms with E-state index < -0.39 is 11.5 Å². The van der Waals surface area contributed by atoms with Crippen LogP contribution < -0.4 is 16.2 Å². The number of nitrogens with zero attached hydrogens (tertiary/aromatic N) is 1.